The van der Waals surface area contributed by atoms with E-state index in [0.717, 1.165) is 0 Å². The first-order valence-electron chi connectivity index (χ1n) is 3.82. The van der Waals surface area contributed by atoms with Crippen molar-refractivity contribution in [3.63, 3.8) is 0 Å². The van der Waals surface area contributed by atoms with Crippen LogP contribution in [0.3, 0.4) is 0 Å². The van der Waals surface area contributed by atoms with Crippen molar-refractivity contribution in [2.75, 3.05) is 0 Å². The summed E-state index contributed by atoms with van der Waals surface area (Å²) < 4.78 is 14.1. The Labute approximate surface area is 73.8 Å². The van der Waals surface area contributed by atoms with Gasteiger partial charge in [0.1, 0.15) is 12.1 Å². The number of rotatable bonds is 0. The normalized spacial score (nSPS) is 10.6. The number of fused-ring (bicyclic) bond motifs is 1. The Morgan fingerprint density at radius 2 is 2.31 bits per heavy atom. The number of nitrogens with zero attached hydrogens (tertiary/aromatic N) is 2. The lowest BCUT2D eigenvalue weighted by Crippen LogP contribution is -2.02. The molecule has 0 radical (unpaired) electrons. The quantitative estimate of drug-likeness (QED) is 0.616. The van der Waals surface area contributed by atoms with Gasteiger partial charge in [0.05, 0.1) is 11.0 Å². The monoisotopic (exact) mass is 178 g/mol. The molecule has 13 heavy (non-hydrogen) atoms. The molecule has 0 fully saturated rings. The van der Waals surface area contributed by atoms with Crippen molar-refractivity contribution in [2.45, 2.75) is 6.92 Å². The SMILES string of the molecule is CC(=O)n1cnc2ccc(F)cc21. The van der Waals surface area contributed by atoms with E-state index in [-0.39, 0.29) is 11.7 Å². The number of hydrogen-bond donors (Lipinski definition) is 0. The second kappa shape index (κ2) is 2.65. The largest absolute Gasteiger partial charge is 0.274 e. The number of aromatic nitrogens is 2. The summed E-state index contributed by atoms with van der Waals surface area (Å²) in [7, 11) is 0. The van der Waals surface area contributed by atoms with Gasteiger partial charge in [-0.2, -0.15) is 0 Å². The van der Waals surface area contributed by atoms with E-state index < -0.39 is 0 Å². The average molecular weight is 178 g/mol. The van der Waals surface area contributed by atoms with E-state index in [9.17, 15) is 9.18 Å². The van der Waals surface area contributed by atoms with Gasteiger partial charge in [0.15, 0.2) is 0 Å². The third-order valence-electron chi connectivity index (χ3n) is 1.85. The topological polar surface area (TPSA) is 34.9 Å². The predicted molar refractivity (Wildman–Crippen MR) is 46.0 cm³/mol. The minimum atomic E-state index is -0.365. The van der Waals surface area contributed by atoms with Crippen molar-refractivity contribution in [2.24, 2.45) is 0 Å². The van der Waals surface area contributed by atoms with E-state index in [1.165, 1.54) is 30.0 Å². The first kappa shape index (κ1) is 7.91. The summed E-state index contributed by atoms with van der Waals surface area (Å²) in [6.45, 7) is 1.41. The Kier molecular flexibility index (Phi) is 1.62. The summed E-state index contributed by atoms with van der Waals surface area (Å²) in [5, 5.41) is 0. The lowest BCUT2D eigenvalue weighted by Gasteiger charge is -1.96. The van der Waals surface area contributed by atoms with Crippen LogP contribution < -0.4 is 0 Å². The molecule has 0 atom stereocenters. The fraction of sp³-hybridized carbons (Fsp3) is 0.111. The maximum atomic E-state index is 12.8. The van der Waals surface area contributed by atoms with Gasteiger partial charge >= 0.3 is 0 Å². The predicted octanol–water partition coefficient (Wildman–Crippen LogP) is 1.84. The molecular formula is C9H7FN2O. The Hall–Kier alpha value is -1.71. The third kappa shape index (κ3) is 1.20. The molecule has 4 heteroatoms. The van der Waals surface area contributed by atoms with Gasteiger partial charge in [0.25, 0.3) is 0 Å². The molecule has 1 heterocycles. The second-order valence-corrected chi connectivity index (χ2v) is 2.77. The summed E-state index contributed by atoms with van der Waals surface area (Å²) in [4.78, 5) is 15.0. The highest BCUT2D eigenvalue weighted by molar-refractivity contribution is 5.88. The molecule has 0 spiro atoms. The van der Waals surface area contributed by atoms with Gasteiger partial charge < -0.3 is 0 Å². The molecule has 0 unspecified atom stereocenters. The summed E-state index contributed by atoms with van der Waals surface area (Å²) in [6, 6.07) is 4.16. The van der Waals surface area contributed by atoms with Crippen LogP contribution in [0.5, 0.6) is 0 Å². The van der Waals surface area contributed by atoms with Crippen molar-refractivity contribution in [3.05, 3.63) is 30.3 Å². The van der Waals surface area contributed by atoms with Crippen molar-refractivity contribution in [3.8, 4) is 0 Å². The molecule has 1 aromatic heterocycles. The molecule has 2 aromatic rings. The molecule has 0 N–H and O–H groups in total. The van der Waals surface area contributed by atoms with Crippen LogP contribution in [-0.4, -0.2) is 15.5 Å². The molecule has 66 valence electrons. The van der Waals surface area contributed by atoms with Crippen LogP contribution in [0.1, 0.15) is 11.7 Å². The fourth-order valence-corrected chi connectivity index (χ4v) is 1.23. The third-order valence-corrected chi connectivity index (χ3v) is 1.85. The van der Waals surface area contributed by atoms with Crippen LogP contribution in [-0.2, 0) is 0 Å². The van der Waals surface area contributed by atoms with E-state index in [4.69, 9.17) is 0 Å². The first-order valence-corrected chi connectivity index (χ1v) is 3.82. The summed E-state index contributed by atoms with van der Waals surface area (Å²) >= 11 is 0. The van der Waals surface area contributed by atoms with Crippen molar-refractivity contribution >= 4 is 16.9 Å². The zero-order chi connectivity index (χ0) is 9.42. The number of carbonyl (C=O) groups excluding carboxylic acids is 1. The van der Waals surface area contributed by atoms with E-state index in [2.05, 4.69) is 4.98 Å². The maximum absolute atomic E-state index is 12.8. The highest BCUT2D eigenvalue weighted by Gasteiger charge is 2.05. The van der Waals surface area contributed by atoms with Gasteiger partial charge in [-0.05, 0) is 12.1 Å². The summed E-state index contributed by atoms with van der Waals surface area (Å²) in [5.41, 5.74) is 1.13. The minimum Gasteiger partial charge on any atom is -0.274 e. The van der Waals surface area contributed by atoms with Crippen LogP contribution in [0.25, 0.3) is 11.0 Å². The molecule has 3 nitrogen and oxygen atoms in total. The Morgan fingerprint density at radius 1 is 1.54 bits per heavy atom. The standard InChI is InChI=1S/C9H7FN2O/c1-6(13)12-5-11-8-3-2-7(10)4-9(8)12/h2-5H,1H3. The van der Waals surface area contributed by atoms with Gasteiger partial charge in [-0.25, -0.2) is 9.37 Å². The lowest BCUT2D eigenvalue weighted by molar-refractivity contribution is 0.0941. The van der Waals surface area contributed by atoms with E-state index in [1.807, 2.05) is 0 Å². The molecule has 0 aliphatic heterocycles. The highest BCUT2D eigenvalue weighted by Crippen LogP contribution is 2.13. The van der Waals surface area contributed by atoms with Crippen LogP contribution in [0.15, 0.2) is 24.5 Å². The Morgan fingerprint density at radius 3 is 3.00 bits per heavy atom. The van der Waals surface area contributed by atoms with Crippen LogP contribution in [0.2, 0.25) is 0 Å². The van der Waals surface area contributed by atoms with Gasteiger partial charge in [-0.1, -0.05) is 0 Å². The van der Waals surface area contributed by atoms with Crippen molar-refractivity contribution in [1.82, 2.24) is 9.55 Å². The number of carbonyl (C=O) groups is 1. The number of benzene rings is 1. The number of hydrogen-bond acceptors (Lipinski definition) is 2. The van der Waals surface area contributed by atoms with Crippen LogP contribution in [0.4, 0.5) is 4.39 Å². The molecule has 0 saturated heterocycles. The molecule has 2 rings (SSSR count). The minimum absolute atomic E-state index is 0.173. The second-order valence-electron chi connectivity index (χ2n) is 2.77. The van der Waals surface area contributed by atoms with Gasteiger partial charge in [-0.3, -0.25) is 9.36 Å². The molecule has 0 saturated carbocycles. The van der Waals surface area contributed by atoms with E-state index in [1.54, 1.807) is 6.07 Å². The number of imidazole rings is 1. The highest BCUT2D eigenvalue weighted by atomic mass is 19.1. The smallest absolute Gasteiger partial charge is 0.229 e. The zero-order valence-electron chi connectivity index (χ0n) is 6.99. The van der Waals surface area contributed by atoms with Gasteiger partial charge in [0, 0.05) is 13.0 Å². The summed E-state index contributed by atoms with van der Waals surface area (Å²) in [6.07, 6.45) is 1.40. The lowest BCUT2D eigenvalue weighted by atomic mass is 10.3. The summed E-state index contributed by atoms with van der Waals surface area (Å²) in [5.74, 6) is -0.538. The zero-order valence-corrected chi connectivity index (χ0v) is 6.99. The molecule has 0 bridgehead atoms. The molecule has 0 aliphatic rings. The van der Waals surface area contributed by atoms with Crippen LogP contribution in [0, 0.1) is 5.82 Å². The van der Waals surface area contributed by atoms with Gasteiger partial charge in [-0.15, -0.1) is 0 Å². The molecule has 0 amide bonds. The Bertz CT molecular complexity index is 475. The average Bonchev–Trinajstić information content (AvgIpc) is 2.46. The maximum Gasteiger partial charge on any atom is 0.229 e. The molecule has 1 aromatic carbocycles. The first-order chi connectivity index (χ1) is 6.18. The number of halogens is 1. The molecule has 0 aliphatic carbocycles. The van der Waals surface area contributed by atoms with Gasteiger partial charge in [0.2, 0.25) is 5.91 Å². The van der Waals surface area contributed by atoms with E-state index >= 15 is 0 Å². The van der Waals surface area contributed by atoms with Crippen LogP contribution >= 0.6 is 0 Å². The fourth-order valence-electron chi connectivity index (χ4n) is 1.23. The Balaban J connectivity index is 2.79. The van der Waals surface area contributed by atoms with E-state index in [0.29, 0.717) is 11.0 Å². The van der Waals surface area contributed by atoms with Crippen molar-refractivity contribution in [1.29, 1.82) is 0 Å². The molecular weight excluding hydrogens is 171 g/mol. The van der Waals surface area contributed by atoms with Crippen molar-refractivity contribution < 1.29 is 9.18 Å².